The van der Waals surface area contributed by atoms with Gasteiger partial charge in [-0.3, -0.25) is 20.1 Å². The van der Waals surface area contributed by atoms with Crippen molar-refractivity contribution in [3.05, 3.63) is 62.6 Å². The molecule has 1 fully saturated rings. The Morgan fingerprint density at radius 1 is 1.28 bits per heavy atom. The van der Waals surface area contributed by atoms with Crippen molar-refractivity contribution in [2.75, 3.05) is 10.7 Å². The number of amides is 1. The number of hydrogen-bond acceptors (Lipinski definition) is 6. The van der Waals surface area contributed by atoms with Gasteiger partial charge in [-0.05, 0) is 56.3 Å². The molecule has 1 N–H and O–H groups in total. The maximum atomic E-state index is 12.4. The van der Waals surface area contributed by atoms with Gasteiger partial charge in [0.05, 0.1) is 27.7 Å². The van der Waals surface area contributed by atoms with E-state index in [0.29, 0.717) is 15.9 Å². The maximum absolute atomic E-state index is 12.4. The van der Waals surface area contributed by atoms with Crippen molar-refractivity contribution in [1.29, 1.82) is 0 Å². The van der Waals surface area contributed by atoms with Gasteiger partial charge >= 0.3 is 0 Å². The summed E-state index contributed by atoms with van der Waals surface area (Å²) in [7, 11) is 0. The lowest BCUT2D eigenvalue weighted by Gasteiger charge is -2.19. The number of hydrogen-bond donors (Lipinski definition) is 1. The van der Waals surface area contributed by atoms with Gasteiger partial charge in [0, 0.05) is 20.1 Å². The maximum Gasteiger partial charge on any atom is 0.243 e. The molecule has 2 aliphatic rings. The second-order valence-electron chi connectivity index (χ2n) is 6.37. The molecular weight excluding hydrogens is 492 g/mol. The molecule has 2 aromatic rings. The molecule has 5 nitrogen and oxygen atoms in total. The van der Waals surface area contributed by atoms with E-state index in [1.54, 1.807) is 16.7 Å². The number of fused-ring (bicyclic) bond motifs is 1. The van der Waals surface area contributed by atoms with Crippen LogP contribution in [0.3, 0.4) is 0 Å². The summed E-state index contributed by atoms with van der Waals surface area (Å²) in [5.41, 5.74) is 6.60. The minimum atomic E-state index is 0.0107. The highest BCUT2D eigenvalue weighted by Gasteiger charge is 2.30. The Hall–Kier alpha value is -1.74. The van der Waals surface area contributed by atoms with Crippen LogP contribution in [0.25, 0.3) is 0 Å². The number of halogens is 2. The normalized spacial score (nSPS) is 19.3. The van der Waals surface area contributed by atoms with Crippen molar-refractivity contribution < 1.29 is 4.79 Å². The lowest BCUT2D eigenvalue weighted by Crippen LogP contribution is -2.30. The van der Waals surface area contributed by atoms with Crippen molar-refractivity contribution in [2.24, 2.45) is 10.1 Å². The summed E-state index contributed by atoms with van der Waals surface area (Å²) in [4.78, 5) is 20.7. The molecule has 1 amide bonds. The number of amidine groups is 1. The van der Waals surface area contributed by atoms with E-state index in [1.165, 1.54) is 11.8 Å². The molecule has 4 rings (SSSR count). The van der Waals surface area contributed by atoms with Crippen molar-refractivity contribution >= 4 is 79.2 Å². The summed E-state index contributed by atoms with van der Waals surface area (Å²) in [6.07, 6.45) is 0. The van der Waals surface area contributed by atoms with Crippen molar-refractivity contribution in [3.8, 4) is 0 Å². The minimum Gasteiger partial charge on any atom is -0.279 e. The van der Waals surface area contributed by atoms with E-state index in [-0.39, 0.29) is 5.91 Å². The first-order valence-corrected chi connectivity index (χ1v) is 11.7. The summed E-state index contributed by atoms with van der Waals surface area (Å²) in [5, 5.41) is 5.81. The summed E-state index contributed by atoms with van der Waals surface area (Å²) < 4.78 is 0.960. The molecule has 0 spiro atoms. The number of thioether (sulfide) groups is 2. The molecule has 0 aliphatic carbocycles. The highest BCUT2D eigenvalue weighted by molar-refractivity contribution is 9.10. The van der Waals surface area contributed by atoms with Gasteiger partial charge in [0.25, 0.3) is 0 Å². The summed E-state index contributed by atoms with van der Waals surface area (Å²) in [6, 6.07) is 13.3. The standard InChI is InChI=1S/C20H16BrClN4OS2/c1-11-19(29-17-9-14(22)5-8-16(17)23-11)12(2)24-25-20-26(18(27)10-28-20)15-6-3-13(21)4-7-15/h3-9,24H,10H2,1-2H3/b19-12-,25-20-. The molecule has 2 aliphatic heterocycles. The zero-order chi connectivity index (χ0) is 20.5. The second-order valence-corrected chi connectivity index (χ2v) is 9.71. The third-order valence-corrected chi connectivity index (χ3v) is 7.30. The zero-order valence-corrected chi connectivity index (χ0v) is 19.5. The van der Waals surface area contributed by atoms with E-state index >= 15 is 0 Å². The third-order valence-electron chi connectivity index (χ3n) is 4.26. The molecule has 0 aromatic heterocycles. The van der Waals surface area contributed by atoms with Crippen molar-refractivity contribution in [1.82, 2.24) is 5.43 Å². The molecule has 0 atom stereocenters. The van der Waals surface area contributed by atoms with Crippen LogP contribution in [0, 0.1) is 0 Å². The van der Waals surface area contributed by atoms with Gasteiger partial charge in [0.15, 0.2) is 5.17 Å². The van der Waals surface area contributed by atoms with E-state index in [1.807, 2.05) is 56.3 Å². The third kappa shape index (κ3) is 4.40. The van der Waals surface area contributed by atoms with Gasteiger partial charge in [0.1, 0.15) is 0 Å². The Labute approximate surface area is 190 Å². The summed E-state index contributed by atoms with van der Waals surface area (Å²) in [5.74, 6) is 0.379. The number of nitrogens with zero attached hydrogens (tertiary/aromatic N) is 3. The van der Waals surface area contributed by atoms with Crippen LogP contribution in [-0.2, 0) is 4.79 Å². The fourth-order valence-electron chi connectivity index (χ4n) is 2.90. The molecule has 0 bridgehead atoms. The Bertz CT molecular complexity index is 1080. The fourth-order valence-corrected chi connectivity index (χ4v) is 5.24. The van der Waals surface area contributed by atoms with Crippen LogP contribution in [0.1, 0.15) is 13.8 Å². The smallest absolute Gasteiger partial charge is 0.243 e. The molecule has 9 heteroatoms. The first-order valence-electron chi connectivity index (χ1n) is 8.71. The van der Waals surface area contributed by atoms with E-state index < -0.39 is 0 Å². The number of nitrogens with one attached hydrogen (secondary N) is 1. The van der Waals surface area contributed by atoms with E-state index in [2.05, 4.69) is 31.4 Å². The predicted molar refractivity (Wildman–Crippen MR) is 127 cm³/mol. The van der Waals surface area contributed by atoms with Crippen LogP contribution in [0.15, 0.2) is 72.5 Å². The quantitative estimate of drug-likeness (QED) is 0.505. The highest BCUT2D eigenvalue weighted by atomic mass is 79.9. The molecular formula is C20H16BrClN4OS2. The summed E-state index contributed by atoms with van der Waals surface area (Å²) in [6.45, 7) is 3.92. The molecule has 0 saturated carbocycles. The second kappa shape index (κ2) is 8.55. The van der Waals surface area contributed by atoms with Gasteiger partial charge in [-0.15, -0.1) is 5.10 Å². The van der Waals surface area contributed by atoms with Crippen LogP contribution < -0.4 is 10.3 Å². The lowest BCUT2D eigenvalue weighted by atomic mass is 10.3. The zero-order valence-electron chi connectivity index (χ0n) is 15.6. The highest BCUT2D eigenvalue weighted by Crippen LogP contribution is 2.42. The van der Waals surface area contributed by atoms with Gasteiger partial charge in [-0.2, -0.15) is 0 Å². The average Bonchev–Trinajstić information content (AvgIpc) is 3.07. The van der Waals surface area contributed by atoms with Gasteiger partial charge in [-0.25, -0.2) is 0 Å². The number of rotatable bonds is 3. The monoisotopic (exact) mass is 506 g/mol. The van der Waals surface area contributed by atoms with Crippen LogP contribution in [0.2, 0.25) is 5.02 Å². The van der Waals surface area contributed by atoms with Crippen molar-refractivity contribution in [3.63, 3.8) is 0 Å². The molecule has 29 heavy (non-hydrogen) atoms. The number of allylic oxidation sites excluding steroid dienone is 2. The first-order chi connectivity index (χ1) is 13.9. The Morgan fingerprint density at radius 2 is 2.03 bits per heavy atom. The predicted octanol–water partition coefficient (Wildman–Crippen LogP) is 6.17. The first kappa shape index (κ1) is 20.5. The minimum absolute atomic E-state index is 0.0107. The largest absolute Gasteiger partial charge is 0.279 e. The van der Waals surface area contributed by atoms with E-state index in [9.17, 15) is 4.79 Å². The summed E-state index contributed by atoms with van der Waals surface area (Å²) >= 11 is 12.6. The number of carbonyl (C=O) groups is 1. The van der Waals surface area contributed by atoms with Crippen LogP contribution in [0.5, 0.6) is 0 Å². The Morgan fingerprint density at radius 3 is 2.79 bits per heavy atom. The topological polar surface area (TPSA) is 57.1 Å². The number of anilines is 1. The number of benzene rings is 2. The number of aliphatic imine (C=N–C) groups is 1. The van der Waals surface area contributed by atoms with Gasteiger partial charge < -0.3 is 0 Å². The van der Waals surface area contributed by atoms with Gasteiger partial charge in [0.2, 0.25) is 5.91 Å². The Balaban J connectivity index is 1.59. The number of hydrazone groups is 1. The van der Waals surface area contributed by atoms with E-state index in [0.717, 1.165) is 37.1 Å². The fraction of sp³-hybridized carbons (Fsp3) is 0.150. The van der Waals surface area contributed by atoms with E-state index in [4.69, 9.17) is 11.6 Å². The molecule has 1 saturated heterocycles. The molecule has 148 valence electrons. The van der Waals surface area contributed by atoms with Crippen LogP contribution in [0.4, 0.5) is 11.4 Å². The molecule has 2 heterocycles. The molecule has 2 aromatic carbocycles. The van der Waals surface area contributed by atoms with Gasteiger partial charge in [-0.1, -0.05) is 51.1 Å². The van der Waals surface area contributed by atoms with Crippen LogP contribution in [-0.4, -0.2) is 22.5 Å². The van der Waals surface area contributed by atoms with Crippen molar-refractivity contribution in [2.45, 2.75) is 18.7 Å². The average molecular weight is 508 g/mol. The molecule has 0 radical (unpaired) electrons. The number of carbonyl (C=O) groups excluding carboxylic acids is 1. The molecule has 0 unspecified atom stereocenters. The van der Waals surface area contributed by atoms with Crippen LogP contribution >= 0.6 is 51.1 Å². The Kier molecular flexibility index (Phi) is 6.06. The SMILES string of the molecule is CC1=Nc2ccc(Cl)cc2S/C1=C(/C)N/N=C1\SCC(=O)N1c1ccc(Br)cc1. The lowest BCUT2D eigenvalue weighted by molar-refractivity contribution is -0.115.